The number of carbonyl (C=O) groups excluding carboxylic acids is 2. The number of nitrogens with zero attached hydrogens (tertiary/aromatic N) is 5. The number of carbonyl (C=O) groups is 2. The lowest BCUT2D eigenvalue weighted by Gasteiger charge is -2.18. The molecule has 1 aliphatic carbocycles. The van der Waals surface area contributed by atoms with Crippen LogP contribution >= 0.6 is 0 Å². The van der Waals surface area contributed by atoms with Crippen molar-refractivity contribution in [3.05, 3.63) is 70.7 Å². The number of nitrogens with one attached hydrogen (secondary N) is 1. The van der Waals surface area contributed by atoms with Gasteiger partial charge in [-0.25, -0.2) is 9.97 Å². The average Bonchev–Trinajstić information content (AvgIpc) is 3.24. The molecule has 0 saturated carbocycles. The molecule has 180 valence electrons. The van der Waals surface area contributed by atoms with Gasteiger partial charge in [-0.1, -0.05) is 11.6 Å². The van der Waals surface area contributed by atoms with Gasteiger partial charge in [0.05, 0.1) is 5.69 Å². The number of anilines is 1. The molecule has 0 unspecified atom stereocenters. The number of rotatable bonds is 6. The van der Waals surface area contributed by atoms with Crippen LogP contribution in [0, 0.1) is 6.92 Å². The second kappa shape index (κ2) is 9.66. The Labute approximate surface area is 205 Å². The molecule has 1 aromatic carbocycles. The number of allylic oxidation sites excluding steroid dienone is 3. The van der Waals surface area contributed by atoms with E-state index in [9.17, 15) is 9.59 Å². The zero-order valence-electron chi connectivity index (χ0n) is 21.0. The van der Waals surface area contributed by atoms with E-state index >= 15 is 0 Å². The monoisotopic (exact) mass is 470 g/mol. The van der Waals surface area contributed by atoms with E-state index in [1.165, 1.54) is 0 Å². The average molecular weight is 471 g/mol. The summed E-state index contributed by atoms with van der Waals surface area (Å²) in [6.07, 6.45) is 7.64. The molecule has 0 aliphatic heterocycles. The normalized spacial score (nSPS) is 13.7. The maximum atomic E-state index is 13.4. The number of aromatic nitrogens is 4. The Bertz CT molecular complexity index is 1360. The van der Waals surface area contributed by atoms with E-state index in [0.717, 1.165) is 39.1 Å². The lowest BCUT2D eigenvalue weighted by atomic mass is 9.92. The van der Waals surface area contributed by atoms with Crippen LogP contribution in [0.2, 0.25) is 0 Å². The van der Waals surface area contributed by atoms with Crippen molar-refractivity contribution >= 4 is 17.6 Å². The summed E-state index contributed by atoms with van der Waals surface area (Å²) < 4.78 is 1.78. The Morgan fingerprint density at radius 3 is 2.43 bits per heavy atom. The molecule has 0 radical (unpaired) electrons. The Balaban J connectivity index is 1.73. The van der Waals surface area contributed by atoms with E-state index in [2.05, 4.69) is 20.4 Å². The van der Waals surface area contributed by atoms with E-state index in [0.29, 0.717) is 23.5 Å². The van der Waals surface area contributed by atoms with Crippen LogP contribution in [0.15, 0.2) is 59.6 Å². The molecule has 0 saturated heterocycles. The van der Waals surface area contributed by atoms with Crippen molar-refractivity contribution in [3.63, 3.8) is 0 Å². The van der Waals surface area contributed by atoms with E-state index in [1.807, 2.05) is 71.1 Å². The molecule has 1 aliphatic rings. The highest BCUT2D eigenvalue weighted by atomic mass is 16.2. The Morgan fingerprint density at radius 1 is 1.11 bits per heavy atom. The van der Waals surface area contributed by atoms with Gasteiger partial charge < -0.3 is 10.2 Å². The first-order chi connectivity index (χ1) is 16.7. The van der Waals surface area contributed by atoms with Gasteiger partial charge in [0.25, 0.3) is 5.91 Å². The van der Waals surface area contributed by atoms with E-state index in [-0.39, 0.29) is 18.2 Å². The highest BCUT2D eigenvalue weighted by Gasteiger charge is 2.21. The predicted molar refractivity (Wildman–Crippen MR) is 137 cm³/mol. The van der Waals surface area contributed by atoms with Gasteiger partial charge in [0, 0.05) is 75.0 Å². The molecule has 1 amide bonds. The molecule has 0 bridgehead atoms. The summed E-state index contributed by atoms with van der Waals surface area (Å²) in [6.45, 7) is 5.97. The Kier molecular flexibility index (Phi) is 6.64. The van der Waals surface area contributed by atoms with E-state index in [4.69, 9.17) is 0 Å². The van der Waals surface area contributed by atoms with Crippen molar-refractivity contribution in [2.75, 3.05) is 25.5 Å². The molecule has 4 rings (SSSR count). The molecular formula is C27H30N6O2. The second-order valence-corrected chi connectivity index (χ2v) is 9.14. The summed E-state index contributed by atoms with van der Waals surface area (Å²) in [5.41, 5.74) is 7.36. The van der Waals surface area contributed by atoms with Crippen LogP contribution in [-0.2, 0) is 11.8 Å². The topological polar surface area (TPSA) is 93.0 Å². The summed E-state index contributed by atoms with van der Waals surface area (Å²) in [5, 5.41) is 7.27. The Hall–Kier alpha value is -4.07. The first-order valence-corrected chi connectivity index (χ1v) is 11.5. The highest BCUT2D eigenvalue weighted by Crippen LogP contribution is 2.32. The van der Waals surface area contributed by atoms with Gasteiger partial charge in [0.15, 0.2) is 5.78 Å². The van der Waals surface area contributed by atoms with Crippen LogP contribution in [0.1, 0.15) is 36.2 Å². The number of amides is 1. The second-order valence-electron chi connectivity index (χ2n) is 9.14. The molecule has 3 aromatic rings. The van der Waals surface area contributed by atoms with E-state index in [1.54, 1.807) is 23.3 Å². The largest absolute Gasteiger partial charge is 0.348 e. The number of ketones is 1. The molecule has 0 spiro atoms. The number of benzene rings is 1. The summed E-state index contributed by atoms with van der Waals surface area (Å²) in [6, 6.07) is 5.80. The van der Waals surface area contributed by atoms with Gasteiger partial charge in [-0.05, 0) is 55.7 Å². The molecule has 1 N–H and O–H groups in total. The number of Topliss-reactive ketones (excluding diaryl/α,β-unsaturated/α-hetero) is 1. The molecule has 2 heterocycles. The quantitative estimate of drug-likeness (QED) is 0.588. The summed E-state index contributed by atoms with van der Waals surface area (Å²) in [4.78, 5) is 36.6. The maximum Gasteiger partial charge on any atom is 0.251 e. The molecule has 8 nitrogen and oxygen atoms in total. The molecule has 0 fully saturated rings. The number of hydrogen-bond acceptors (Lipinski definition) is 6. The molecule has 0 atom stereocenters. The van der Waals surface area contributed by atoms with Crippen molar-refractivity contribution in [3.8, 4) is 22.4 Å². The molecular weight excluding hydrogens is 440 g/mol. The van der Waals surface area contributed by atoms with Crippen LogP contribution in [-0.4, -0.2) is 52.1 Å². The minimum Gasteiger partial charge on any atom is -0.348 e. The fourth-order valence-electron chi connectivity index (χ4n) is 4.31. The number of aryl methyl sites for hydroxylation is 1. The maximum absolute atomic E-state index is 13.4. The van der Waals surface area contributed by atoms with Crippen molar-refractivity contribution in [2.45, 2.75) is 27.2 Å². The fraction of sp³-hybridized carbons (Fsp3) is 0.296. The Morgan fingerprint density at radius 2 is 1.83 bits per heavy atom. The van der Waals surface area contributed by atoms with Gasteiger partial charge in [0.2, 0.25) is 5.95 Å². The van der Waals surface area contributed by atoms with Crippen LogP contribution in [0.3, 0.4) is 0 Å². The van der Waals surface area contributed by atoms with Crippen LogP contribution in [0.4, 0.5) is 5.95 Å². The minimum atomic E-state index is -0.238. The SMILES string of the molecule is CC1=CC(C)=C(CNC(=O)c2cc(-c3cnc(N(C)C)nc3)cc(-c3ccnn3C)c2C)C(=O)C1. The van der Waals surface area contributed by atoms with Crippen LogP contribution in [0.25, 0.3) is 22.4 Å². The lowest BCUT2D eigenvalue weighted by Crippen LogP contribution is -2.30. The third-order valence-electron chi connectivity index (χ3n) is 6.26. The zero-order chi connectivity index (χ0) is 25.3. The van der Waals surface area contributed by atoms with Crippen molar-refractivity contribution in [1.82, 2.24) is 25.1 Å². The zero-order valence-corrected chi connectivity index (χ0v) is 21.0. The first kappa shape index (κ1) is 24.1. The van der Waals surface area contributed by atoms with Gasteiger partial charge in [-0.2, -0.15) is 5.10 Å². The third kappa shape index (κ3) is 4.91. The van der Waals surface area contributed by atoms with Crippen molar-refractivity contribution in [1.29, 1.82) is 0 Å². The molecule has 35 heavy (non-hydrogen) atoms. The summed E-state index contributed by atoms with van der Waals surface area (Å²) in [7, 11) is 5.64. The predicted octanol–water partition coefficient (Wildman–Crippen LogP) is 3.88. The van der Waals surface area contributed by atoms with Gasteiger partial charge in [-0.15, -0.1) is 0 Å². The first-order valence-electron chi connectivity index (χ1n) is 11.5. The molecule has 8 heteroatoms. The van der Waals surface area contributed by atoms with Crippen molar-refractivity contribution in [2.24, 2.45) is 7.05 Å². The standard InChI is InChI=1S/C27H30N6O2/c1-16-9-17(2)23(25(34)10-16)15-28-26(35)22-12-19(20-13-29-27(30-14-20)32(4)5)11-21(18(22)3)24-7-8-31-33(24)6/h7-9,11-14H,10,15H2,1-6H3,(H,28,35). The van der Waals surface area contributed by atoms with Crippen LogP contribution in [0.5, 0.6) is 0 Å². The van der Waals surface area contributed by atoms with Gasteiger partial charge >= 0.3 is 0 Å². The van der Waals surface area contributed by atoms with Crippen molar-refractivity contribution < 1.29 is 9.59 Å². The summed E-state index contributed by atoms with van der Waals surface area (Å²) in [5.74, 6) is 0.427. The highest BCUT2D eigenvalue weighted by molar-refractivity contribution is 6.02. The van der Waals surface area contributed by atoms with E-state index < -0.39 is 0 Å². The third-order valence-corrected chi connectivity index (χ3v) is 6.26. The fourth-order valence-corrected chi connectivity index (χ4v) is 4.31. The molecule has 2 aromatic heterocycles. The smallest absolute Gasteiger partial charge is 0.251 e. The summed E-state index contributed by atoms with van der Waals surface area (Å²) >= 11 is 0. The number of hydrogen-bond donors (Lipinski definition) is 1. The van der Waals surface area contributed by atoms with Crippen LogP contribution < -0.4 is 10.2 Å². The van der Waals surface area contributed by atoms with Gasteiger partial charge in [0.1, 0.15) is 0 Å². The minimum absolute atomic E-state index is 0.0574. The van der Waals surface area contributed by atoms with Gasteiger partial charge in [-0.3, -0.25) is 14.3 Å². The lowest BCUT2D eigenvalue weighted by molar-refractivity contribution is -0.115.